The molecule has 1 amide bonds. The van der Waals surface area contributed by atoms with E-state index < -0.39 is 0 Å². The standard InChI is InChI=1S/C23H20N2OS2/c26-22(15-27-16-23-25-20-12-6-7-13-21(20)28-23)24-19-11-5-4-10-18(19)14-17-8-2-1-3-9-17/h1-13H,14-16H2,(H,24,26). The van der Waals surface area contributed by atoms with Crippen molar-refractivity contribution in [1.82, 2.24) is 4.98 Å². The van der Waals surface area contributed by atoms with Crippen LogP contribution < -0.4 is 5.32 Å². The SMILES string of the molecule is O=C(CSCc1nc2ccccc2s1)Nc1ccccc1Cc1ccccc1. The molecule has 4 aromatic rings. The van der Waals surface area contributed by atoms with Crippen LogP contribution in [-0.2, 0) is 17.0 Å². The van der Waals surface area contributed by atoms with E-state index >= 15 is 0 Å². The Bertz CT molecular complexity index is 1040. The molecule has 0 fully saturated rings. The highest BCUT2D eigenvalue weighted by Gasteiger charge is 2.09. The van der Waals surface area contributed by atoms with E-state index in [2.05, 4.69) is 34.6 Å². The number of hydrogen-bond acceptors (Lipinski definition) is 4. The van der Waals surface area contributed by atoms with Crippen molar-refractivity contribution in [3.8, 4) is 0 Å². The van der Waals surface area contributed by atoms with Crippen LogP contribution in [-0.4, -0.2) is 16.6 Å². The van der Waals surface area contributed by atoms with E-state index in [-0.39, 0.29) is 5.91 Å². The summed E-state index contributed by atoms with van der Waals surface area (Å²) >= 11 is 3.29. The van der Waals surface area contributed by atoms with Crippen molar-refractivity contribution >= 4 is 44.9 Å². The quantitative estimate of drug-likeness (QED) is 0.426. The van der Waals surface area contributed by atoms with E-state index in [0.29, 0.717) is 5.75 Å². The molecule has 28 heavy (non-hydrogen) atoms. The fourth-order valence-corrected chi connectivity index (χ4v) is 4.86. The number of fused-ring (bicyclic) bond motifs is 1. The molecule has 0 unspecified atom stereocenters. The third-order valence-corrected chi connectivity index (χ3v) is 6.49. The maximum atomic E-state index is 12.4. The molecule has 3 aromatic carbocycles. The largest absolute Gasteiger partial charge is 0.325 e. The Balaban J connectivity index is 1.33. The van der Waals surface area contributed by atoms with E-state index in [1.165, 1.54) is 10.3 Å². The zero-order valence-corrected chi connectivity index (χ0v) is 16.9. The number of thioether (sulfide) groups is 1. The molecular weight excluding hydrogens is 384 g/mol. The minimum atomic E-state index is 0.0200. The third kappa shape index (κ3) is 4.80. The molecule has 4 rings (SSSR count). The fraction of sp³-hybridized carbons (Fsp3) is 0.130. The van der Waals surface area contributed by atoms with Gasteiger partial charge in [0.05, 0.1) is 16.0 Å². The summed E-state index contributed by atoms with van der Waals surface area (Å²) in [6.07, 6.45) is 0.802. The van der Waals surface area contributed by atoms with E-state index in [4.69, 9.17) is 0 Å². The molecule has 0 atom stereocenters. The van der Waals surface area contributed by atoms with Crippen LogP contribution in [0.4, 0.5) is 5.69 Å². The Hall–Kier alpha value is -2.63. The van der Waals surface area contributed by atoms with Crippen LogP contribution in [0.1, 0.15) is 16.1 Å². The summed E-state index contributed by atoms with van der Waals surface area (Å²) in [5.41, 5.74) is 4.27. The van der Waals surface area contributed by atoms with Gasteiger partial charge in [-0.15, -0.1) is 23.1 Å². The van der Waals surface area contributed by atoms with E-state index in [9.17, 15) is 4.79 Å². The summed E-state index contributed by atoms with van der Waals surface area (Å²) in [5.74, 6) is 1.18. The van der Waals surface area contributed by atoms with Crippen LogP contribution in [0.5, 0.6) is 0 Å². The van der Waals surface area contributed by atoms with Gasteiger partial charge in [0.2, 0.25) is 5.91 Å². The van der Waals surface area contributed by atoms with Gasteiger partial charge in [-0.3, -0.25) is 4.79 Å². The number of thiazole rings is 1. The number of anilines is 1. The van der Waals surface area contributed by atoms with Crippen molar-refractivity contribution in [2.75, 3.05) is 11.1 Å². The molecule has 0 aliphatic heterocycles. The number of aromatic nitrogens is 1. The van der Waals surface area contributed by atoms with Crippen LogP contribution in [0, 0.1) is 0 Å². The molecule has 0 bridgehead atoms. The Labute approximate surface area is 172 Å². The van der Waals surface area contributed by atoms with Gasteiger partial charge in [0.25, 0.3) is 0 Å². The Kier molecular flexibility index (Phi) is 6.04. The minimum absolute atomic E-state index is 0.0200. The Morgan fingerprint density at radius 2 is 1.68 bits per heavy atom. The summed E-state index contributed by atoms with van der Waals surface area (Å²) < 4.78 is 1.19. The van der Waals surface area contributed by atoms with Gasteiger partial charge in [-0.1, -0.05) is 60.7 Å². The number of hydrogen-bond donors (Lipinski definition) is 1. The number of carbonyl (C=O) groups is 1. The minimum Gasteiger partial charge on any atom is -0.325 e. The average molecular weight is 405 g/mol. The topological polar surface area (TPSA) is 42.0 Å². The summed E-state index contributed by atoms with van der Waals surface area (Å²) in [6.45, 7) is 0. The first-order valence-corrected chi connectivity index (χ1v) is 11.1. The van der Waals surface area contributed by atoms with Crippen molar-refractivity contribution in [2.24, 2.45) is 0 Å². The number of nitrogens with one attached hydrogen (secondary N) is 1. The first-order chi connectivity index (χ1) is 13.8. The van der Waals surface area contributed by atoms with Crippen molar-refractivity contribution < 1.29 is 4.79 Å². The molecule has 0 aliphatic rings. The first kappa shape index (κ1) is 18.7. The van der Waals surface area contributed by atoms with Gasteiger partial charge in [-0.25, -0.2) is 4.98 Å². The Morgan fingerprint density at radius 3 is 2.54 bits per heavy atom. The predicted octanol–water partition coefficient (Wildman–Crippen LogP) is 5.76. The number of nitrogens with zero attached hydrogens (tertiary/aromatic N) is 1. The van der Waals surface area contributed by atoms with E-state index in [0.717, 1.165) is 33.9 Å². The van der Waals surface area contributed by atoms with Gasteiger partial charge in [0.1, 0.15) is 5.01 Å². The lowest BCUT2D eigenvalue weighted by Crippen LogP contribution is -2.15. The van der Waals surface area contributed by atoms with Gasteiger partial charge >= 0.3 is 0 Å². The third-order valence-electron chi connectivity index (χ3n) is 4.33. The molecule has 1 N–H and O–H groups in total. The van der Waals surface area contributed by atoms with Crippen LogP contribution in [0.15, 0.2) is 78.9 Å². The fourth-order valence-electron chi connectivity index (χ4n) is 3.01. The van der Waals surface area contributed by atoms with Crippen molar-refractivity contribution in [2.45, 2.75) is 12.2 Å². The monoisotopic (exact) mass is 404 g/mol. The summed E-state index contributed by atoms with van der Waals surface area (Å²) in [7, 11) is 0. The molecule has 0 spiro atoms. The maximum absolute atomic E-state index is 12.4. The summed E-state index contributed by atoms with van der Waals surface area (Å²) in [4.78, 5) is 17.1. The first-order valence-electron chi connectivity index (χ1n) is 9.12. The highest BCUT2D eigenvalue weighted by molar-refractivity contribution is 7.99. The number of benzene rings is 3. The normalized spacial score (nSPS) is 10.9. The lowest BCUT2D eigenvalue weighted by Gasteiger charge is -2.11. The molecule has 3 nitrogen and oxygen atoms in total. The predicted molar refractivity (Wildman–Crippen MR) is 120 cm³/mol. The second-order valence-electron chi connectivity index (χ2n) is 6.44. The number of carbonyl (C=O) groups excluding carboxylic acids is 1. The van der Waals surface area contributed by atoms with Gasteiger partial charge in [0.15, 0.2) is 0 Å². The van der Waals surface area contributed by atoms with Crippen molar-refractivity contribution in [3.63, 3.8) is 0 Å². The van der Waals surface area contributed by atoms with E-state index in [1.54, 1.807) is 23.1 Å². The second kappa shape index (κ2) is 9.04. The van der Waals surface area contributed by atoms with Crippen molar-refractivity contribution in [1.29, 1.82) is 0 Å². The smallest absolute Gasteiger partial charge is 0.234 e. The molecule has 0 saturated heterocycles. The molecule has 0 saturated carbocycles. The lowest BCUT2D eigenvalue weighted by molar-refractivity contribution is -0.113. The van der Waals surface area contributed by atoms with Gasteiger partial charge in [-0.2, -0.15) is 0 Å². The number of amides is 1. The van der Waals surface area contributed by atoms with E-state index in [1.807, 2.05) is 54.6 Å². The van der Waals surface area contributed by atoms with Crippen LogP contribution in [0.25, 0.3) is 10.2 Å². The van der Waals surface area contributed by atoms with Gasteiger partial charge < -0.3 is 5.32 Å². The van der Waals surface area contributed by atoms with Crippen LogP contribution in [0.2, 0.25) is 0 Å². The molecular formula is C23H20N2OS2. The highest BCUT2D eigenvalue weighted by atomic mass is 32.2. The lowest BCUT2D eigenvalue weighted by atomic mass is 10.0. The zero-order valence-electron chi connectivity index (χ0n) is 15.3. The average Bonchev–Trinajstić information content (AvgIpc) is 3.13. The van der Waals surface area contributed by atoms with Crippen molar-refractivity contribution in [3.05, 3.63) is 95.0 Å². The molecule has 5 heteroatoms. The van der Waals surface area contributed by atoms with Crippen LogP contribution >= 0.6 is 23.1 Å². The number of para-hydroxylation sites is 2. The van der Waals surface area contributed by atoms with Crippen LogP contribution in [0.3, 0.4) is 0 Å². The number of rotatable bonds is 7. The Morgan fingerprint density at radius 1 is 0.929 bits per heavy atom. The summed E-state index contributed by atoms with van der Waals surface area (Å²) in [6, 6.07) is 26.4. The molecule has 140 valence electrons. The van der Waals surface area contributed by atoms with Gasteiger partial charge in [-0.05, 0) is 35.7 Å². The maximum Gasteiger partial charge on any atom is 0.234 e. The zero-order chi connectivity index (χ0) is 19.2. The van der Waals surface area contributed by atoms with Gasteiger partial charge in [0, 0.05) is 11.4 Å². The molecule has 0 radical (unpaired) electrons. The molecule has 1 heterocycles. The molecule has 0 aliphatic carbocycles. The molecule has 1 aromatic heterocycles. The second-order valence-corrected chi connectivity index (χ2v) is 8.54. The summed E-state index contributed by atoms with van der Waals surface area (Å²) in [5, 5.41) is 4.13. The highest BCUT2D eigenvalue weighted by Crippen LogP contribution is 2.25.